The summed E-state index contributed by atoms with van der Waals surface area (Å²) in [6.07, 6.45) is 1.73. The molecular weight excluding hydrogens is 190 g/mol. The maximum absolute atomic E-state index is 5.62. The number of nitrogens with zero attached hydrogens (tertiary/aromatic N) is 2. The number of hydrogen-bond donors (Lipinski definition) is 1. The summed E-state index contributed by atoms with van der Waals surface area (Å²) >= 11 is 0. The predicted molar refractivity (Wildman–Crippen MR) is 55.2 cm³/mol. The van der Waals surface area contributed by atoms with Crippen molar-refractivity contribution in [2.24, 2.45) is 13.0 Å². The van der Waals surface area contributed by atoms with E-state index in [9.17, 15) is 0 Å². The second-order valence-corrected chi connectivity index (χ2v) is 3.27. The van der Waals surface area contributed by atoms with Crippen molar-refractivity contribution in [3.8, 4) is 5.88 Å². The van der Waals surface area contributed by atoms with Crippen molar-refractivity contribution >= 4 is 18.1 Å². The summed E-state index contributed by atoms with van der Waals surface area (Å²) in [5.74, 6) is 1.03. The molecule has 1 heterocycles. The van der Waals surface area contributed by atoms with Gasteiger partial charge < -0.3 is 10.5 Å². The fraction of sp³-hybridized carbons (Fsp3) is 0.625. The summed E-state index contributed by atoms with van der Waals surface area (Å²) in [4.78, 5) is 0. The normalized spacial score (nSPS) is 9.85. The van der Waals surface area contributed by atoms with Gasteiger partial charge in [0.15, 0.2) is 0 Å². The monoisotopic (exact) mass is 205 g/mol. The van der Waals surface area contributed by atoms with Crippen LogP contribution in [0.25, 0.3) is 0 Å². The van der Waals surface area contributed by atoms with Gasteiger partial charge in [0, 0.05) is 7.05 Å². The Bertz CT molecular complexity index is 260. The summed E-state index contributed by atoms with van der Waals surface area (Å²) in [7, 11) is 1.82. The van der Waals surface area contributed by atoms with Gasteiger partial charge in [-0.2, -0.15) is 0 Å². The van der Waals surface area contributed by atoms with Gasteiger partial charge in [0.1, 0.15) is 5.69 Å². The molecule has 0 amide bonds. The molecule has 76 valence electrons. The van der Waals surface area contributed by atoms with Gasteiger partial charge in [0.05, 0.1) is 12.8 Å². The molecule has 0 radical (unpaired) electrons. The molecule has 13 heavy (non-hydrogen) atoms. The van der Waals surface area contributed by atoms with E-state index in [1.165, 1.54) is 0 Å². The average molecular weight is 206 g/mol. The van der Waals surface area contributed by atoms with Gasteiger partial charge in [-0.25, -0.2) is 0 Å². The molecular formula is C8H16ClN3O. The Hall–Kier alpha value is -0.900. The standard InChI is InChI=1S/C8H15N3O.ClH/c1-6(2)5-12-8-7(9)4-11(3)10-8;/h4,6H,5,9H2,1-3H3;1H. The molecule has 4 nitrogen and oxygen atoms in total. The van der Waals surface area contributed by atoms with Crippen LogP contribution < -0.4 is 10.5 Å². The van der Waals surface area contributed by atoms with Crippen LogP contribution in [0.3, 0.4) is 0 Å². The smallest absolute Gasteiger partial charge is 0.256 e. The first kappa shape index (κ1) is 12.1. The fourth-order valence-electron chi connectivity index (χ4n) is 0.844. The van der Waals surface area contributed by atoms with Crippen LogP contribution in [0.15, 0.2) is 6.20 Å². The number of aryl methyl sites for hydroxylation is 1. The SMILES string of the molecule is CC(C)COc1nn(C)cc1N.Cl. The number of anilines is 1. The largest absolute Gasteiger partial charge is 0.475 e. The quantitative estimate of drug-likeness (QED) is 0.813. The van der Waals surface area contributed by atoms with Crippen molar-refractivity contribution in [2.45, 2.75) is 13.8 Å². The van der Waals surface area contributed by atoms with Crippen LogP contribution in [-0.4, -0.2) is 16.4 Å². The van der Waals surface area contributed by atoms with Crippen molar-refractivity contribution in [3.05, 3.63) is 6.20 Å². The molecule has 0 fully saturated rings. The van der Waals surface area contributed by atoms with E-state index in [0.717, 1.165) is 0 Å². The number of nitrogen functional groups attached to an aromatic ring is 1. The van der Waals surface area contributed by atoms with Crippen molar-refractivity contribution in [3.63, 3.8) is 0 Å². The van der Waals surface area contributed by atoms with E-state index in [1.807, 2.05) is 7.05 Å². The second kappa shape index (κ2) is 4.97. The number of rotatable bonds is 3. The van der Waals surface area contributed by atoms with Gasteiger partial charge >= 0.3 is 0 Å². The molecule has 1 aromatic rings. The van der Waals surface area contributed by atoms with Gasteiger partial charge in [-0.15, -0.1) is 17.5 Å². The summed E-state index contributed by atoms with van der Waals surface area (Å²) < 4.78 is 7.01. The Morgan fingerprint density at radius 1 is 1.62 bits per heavy atom. The maximum atomic E-state index is 5.62. The van der Waals surface area contributed by atoms with E-state index in [0.29, 0.717) is 24.1 Å². The first-order valence-corrected chi connectivity index (χ1v) is 4.01. The predicted octanol–water partition coefficient (Wildman–Crippen LogP) is 1.46. The van der Waals surface area contributed by atoms with E-state index < -0.39 is 0 Å². The molecule has 1 rings (SSSR count). The van der Waals surface area contributed by atoms with Crippen molar-refractivity contribution in [2.75, 3.05) is 12.3 Å². The summed E-state index contributed by atoms with van der Waals surface area (Å²) in [5, 5.41) is 4.05. The van der Waals surface area contributed by atoms with Crippen LogP contribution >= 0.6 is 12.4 Å². The molecule has 0 aliphatic rings. The minimum atomic E-state index is 0. The number of halogens is 1. The van der Waals surface area contributed by atoms with Gasteiger partial charge in [0.2, 0.25) is 0 Å². The van der Waals surface area contributed by atoms with E-state index in [4.69, 9.17) is 10.5 Å². The molecule has 2 N–H and O–H groups in total. The van der Waals surface area contributed by atoms with Crippen LogP contribution in [-0.2, 0) is 7.05 Å². The highest BCUT2D eigenvalue weighted by Crippen LogP contribution is 2.17. The topological polar surface area (TPSA) is 53.1 Å². The first-order valence-electron chi connectivity index (χ1n) is 4.01. The number of aromatic nitrogens is 2. The van der Waals surface area contributed by atoms with Crippen LogP contribution in [0.4, 0.5) is 5.69 Å². The molecule has 0 spiro atoms. The zero-order valence-electron chi connectivity index (χ0n) is 8.15. The molecule has 1 aromatic heterocycles. The summed E-state index contributed by atoms with van der Waals surface area (Å²) in [5.41, 5.74) is 6.21. The molecule has 0 saturated heterocycles. The lowest BCUT2D eigenvalue weighted by Crippen LogP contribution is -2.06. The molecule has 0 aromatic carbocycles. The highest BCUT2D eigenvalue weighted by atomic mass is 35.5. The third kappa shape index (κ3) is 3.55. The van der Waals surface area contributed by atoms with Crippen LogP contribution in [0, 0.1) is 5.92 Å². The van der Waals surface area contributed by atoms with Crippen molar-refractivity contribution < 1.29 is 4.74 Å². The number of hydrogen-bond acceptors (Lipinski definition) is 3. The van der Waals surface area contributed by atoms with Gasteiger partial charge in [-0.05, 0) is 5.92 Å². The van der Waals surface area contributed by atoms with Crippen molar-refractivity contribution in [1.29, 1.82) is 0 Å². The van der Waals surface area contributed by atoms with E-state index >= 15 is 0 Å². The van der Waals surface area contributed by atoms with E-state index in [-0.39, 0.29) is 12.4 Å². The number of nitrogens with two attached hydrogens (primary N) is 1. The van der Waals surface area contributed by atoms with Crippen LogP contribution in [0.1, 0.15) is 13.8 Å². The minimum absolute atomic E-state index is 0. The highest BCUT2D eigenvalue weighted by molar-refractivity contribution is 5.85. The average Bonchev–Trinajstić information content (AvgIpc) is 2.26. The molecule has 0 atom stereocenters. The van der Waals surface area contributed by atoms with Gasteiger partial charge in [-0.1, -0.05) is 13.8 Å². The van der Waals surface area contributed by atoms with Crippen molar-refractivity contribution in [1.82, 2.24) is 9.78 Å². The lowest BCUT2D eigenvalue weighted by molar-refractivity contribution is 0.260. The second-order valence-electron chi connectivity index (χ2n) is 3.27. The third-order valence-electron chi connectivity index (χ3n) is 1.37. The fourth-order valence-corrected chi connectivity index (χ4v) is 0.844. The lowest BCUT2D eigenvalue weighted by Gasteiger charge is -2.05. The summed E-state index contributed by atoms with van der Waals surface area (Å²) in [6, 6.07) is 0. The lowest BCUT2D eigenvalue weighted by atomic mass is 10.2. The zero-order valence-corrected chi connectivity index (χ0v) is 8.97. The van der Waals surface area contributed by atoms with Crippen LogP contribution in [0.2, 0.25) is 0 Å². The molecule has 5 heteroatoms. The van der Waals surface area contributed by atoms with Gasteiger partial charge in [0.25, 0.3) is 5.88 Å². The maximum Gasteiger partial charge on any atom is 0.256 e. The third-order valence-corrected chi connectivity index (χ3v) is 1.37. The Morgan fingerprint density at radius 3 is 2.62 bits per heavy atom. The Morgan fingerprint density at radius 2 is 2.23 bits per heavy atom. The van der Waals surface area contributed by atoms with E-state index in [1.54, 1.807) is 10.9 Å². The molecule has 0 unspecified atom stereocenters. The molecule has 0 saturated carbocycles. The molecule has 0 aliphatic carbocycles. The van der Waals surface area contributed by atoms with E-state index in [2.05, 4.69) is 18.9 Å². The van der Waals surface area contributed by atoms with Crippen LogP contribution in [0.5, 0.6) is 5.88 Å². The first-order chi connectivity index (χ1) is 5.59. The Balaban J connectivity index is 0.00000144. The molecule has 0 bridgehead atoms. The minimum Gasteiger partial charge on any atom is -0.475 e. The van der Waals surface area contributed by atoms with Gasteiger partial charge in [-0.3, -0.25) is 4.68 Å². The summed E-state index contributed by atoms with van der Waals surface area (Å²) in [6.45, 7) is 4.82. The Kier molecular flexibility index (Phi) is 4.62. The zero-order chi connectivity index (χ0) is 9.14. The Labute approximate surface area is 84.5 Å². The number of ether oxygens (including phenoxy) is 1. The molecule has 0 aliphatic heterocycles. The highest BCUT2D eigenvalue weighted by Gasteiger charge is 2.05.